The third-order valence-electron chi connectivity index (χ3n) is 4.66. The SMILES string of the molecule is CCN1CCN(C(=O)Cc2cc(=O)[nH]c(N)n2)[C@H]2CS(=O)(=O)C[C@H]21. The van der Waals surface area contributed by atoms with E-state index in [1.165, 1.54) is 6.07 Å². The predicted molar refractivity (Wildman–Crippen MR) is 88.2 cm³/mol. The van der Waals surface area contributed by atoms with Gasteiger partial charge in [0.25, 0.3) is 5.56 Å². The van der Waals surface area contributed by atoms with Gasteiger partial charge in [0.1, 0.15) is 0 Å². The number of fused-ring (bicyclic) bond motifs is 1. The molecule has 0 unspecified atom stereocenters. The van der Waals surface area contributed by atoms with E-state index >= 15 is 0 Å². The normalized spacial score (nSPS) is 26.3. The maximum Gasteiger partial charge on any atom is 0.252 e. The van der Waals surface area contributed by atoms with Gasteiger partial charge in [-0.05, 0) is 6.54 Å². The molecule has 2 atom stereocenters. The van der Waals surface area contributed by atoms with Crippen LogP contribution in [0.15, 0.2) is 10.9 Å². The Hall–Kier alpha value is -1.94. The number of nitrogens with two attached hydrogens (primary N) is 1. The van der Waals surface area contributed by atoms with Crippen molar-refractivity contribution in [3.8, 4) is 0 Å². The minimum absolute atomic E-state index is 0.00908. The quantitative estimate of drug-likeness (QED) is 0.656. The van der Waals surface area contributed by atoms with Gasteiger partial charge in [0.2, 0.25) is 11.9 Å². The fourth-order valence-corrected chi connectivity index (χ4v) is 5.61. The van der Waals surface area contributed by atoms with Crippen LogP contribution >= 0.6 is 0 Å². The second-order valence-electron chi connectivity index (χ2n) is 6.23. The third kappa shape index (κ3) is 3.29. The number of likely N-dealkylation sites (N-methyl/N-ethyl adjacent to an activating group) is 1. The first-order valence-electron chi connectivity index (χ1n) is 7.88. The molecule has 1 amide bonds. The van der Waals surface area contributed by atoms with Crippen molar-refractivity contribution in [3.63, 3.8) is 0 Å². The summed E-state index contributed by atoms with van der Waals surface area (Å²) in [5.41, 5.74) is 5.37. The summed E-state index contributed by atoms with van der Waals surface area (Å²) in [6, 6.07) is 0.741. The van der Waals surface area contributed by atoms with Gasteiger partial charge in [-0.25, -0.2) is 13.4 Å². The number of piperazine rings is 1. The molecule has 1 aromatic rings. The summed E-state index contributed by atoms with van der Waals surface area (Å²) in [4.78, 5) is 34.1. The minimum atomic E-state index is -3.15. The zero-order valence-corrected chi connectivity index (χ0v) is 14.3. The molecule has 0 radical (unpaired) electrons. The highest BCUT2D eigenvalue weighted by Gasteiger charge is 2.47. The van der Waals surface area contributed by atoms with Gasteiger partial charge < -0.3 is 10.6 Å². The van der Waals surface area contributed by atoms with Crippen molar-refractivity contribution in [1.82, 2.24) is 19.8 Å². The standard InChI is InChI=1S/C14H21N5O4S/c1-2-18-3-4-19(11-8-24(22,23)7-10(11)18)13(21)6-9-5-12(20)17-14(15)16-9/h5,10-11H,2-4,6-8H2,1H3,(H3,15,16,17,20)/t10-,11+/m1/s1. The van der Waals surface area contributed by atoms with Gasteiger partial charge in [0.05, 0.1) is 29.7 Å². The number of nitrogen functional groups attached to an aromatic ring is 1. The molecule has 2 fully saturated rings. The summed E-state index contributed by atoms with van der Waals surface area (Å²) in [7, 11) is -3.15. The van der Waals surface area contributed by atoms with E-state index in [2.05, 4.69) is 14.9 Å². The van der Waals surface area contributed by atoms with Crippen molar-refractivity contribution in [2.45, 2.75) is 25.4 Å². The van der Waals surface area contributed by atoms with Crippen LogP contribution in [0.1, 0.15) is 12.6 Å². The van der Waals surface area contributed by atoms with E-state index in [0.717, 1.165) is 6.54 Å². The fourth-order valence-electron chi connectivity index (χ4n) is 3.60. The van der Waals surface area contributed by atoms with Crippen LogP contribution in [0.25, 0.3) is 0 Å². The number of sulfone groups is 1. The van der Waals surface area contributed by atoms with Crippen LogP contribution in [-0.2, 0) is 21.1 Å². The monoisotopic (exact) mass is 355 g/mol. The number of hydrogen-bond acceptors (Lipinski definition) is 7. The molecule has 132 valence electrons. The number of aromatic nitrogens is 2. The first kappa shape index (κ1) is 16.9. The van der Waals surface area contributed by atoms with Crippen molar-refractivity contribution in [2.24, 2.45) is 0 Å². The Balaban J connectivity index is 1.80. The smallest absolute Gasteiger partial charge is 0.252 e. The number of aromatic amines is 1. The topological polar surface area (TPSA) is 129 Å². The second kappa shape index (κ2) is 6.17. The average Bonchev–Trinajstić information content (AvgIpc) is 2.79. The number of nitrogens with one attached hydrogen (secondary N) is 1. The lowest BCUT2D eigenvalue weighted by Gasteiger charge is -2.43. The van der Waals surface area contributed by atoms with Crippen molar-refractivity contribution >= 4 is 21.7 Å². The average molecular weight is 355 g/mol. The van der Waals surface area contributed by atoms with E-state index in [1.807, 2.05) is 6.92 Å². The van der Waals surface area contributed by atoms with Crippen LogP contribution in [0.3, 0.4) is 0 Å². The molecule has 2 saturated heterocycles. The first-order valence-corrected chi connectivity index (χ1v) is 9.71. The number of carbonyl (C=O) groups excluding carboxylic acids is 1. The molecule has 3 heterocycles. The van der Waals surface area contributed by atoms with Gasteiger partial charge in [0, 0.05) is 25.2 Å². The Kier molecular flexibility index (Phi) is 4.35. The minimum Gasteiger partial charge on any atom is -0.369 e. The van der Waals surface area contributed by atoms with E-state index in [1.54, 1.807) is 4.90 Å². The molecule has 3 N–H and O–H groups in total. The largest absolute Gasteiger partial charge is 0.369 e. The van der Waals surface area contributed by atoms with E-state index in [4.69, 9.17) is 5.73 Å². The number of nitrogens with zero attached hydrogens (tertiary/aromatic N) is 3. The van der Waals surface area contributed by atoms with Crippen molar-refractivity contribution in [3.05, 3.63) is 22.1 Å². The second-order valence-corrected chi connectivity index (χ2v) is 8.38. The van der Waals surface area contributed by atoms with Gasteiger partial charge in [0.15, 0.2) is 9.84 Å². The fraction of sp³-hybridized carbons (Fsp3) is 0.643. The summed E-state index contributed by atoms with van der Waals surface area (Å²) >= 11 is 0. The lowest BCUT2D eigenvalue weighted by molar-refractivity contribution is -0.136. The van der Waals surface area contributed by atoms with Crippen LogP contribution < -0.4 is 11.3 Å². The van der Waals surface area contributed by atoms with E-state index in [-0.39, 0.29) is 47.6 Å². The van der Waals surface area contributed by atoms with Crippen LogP contribution in [0.5, 0.6) is 0 Å². The van der Waals surface area contributed by atoms with E-state index in [0.29, 0.717) is 13.1 Å². The Bertz CT molecular complexity index is 806. The summed E-state index contributed by atoms with van der Waals surface area (Å²) in [5, 5.41) is 0. The van der Waals surface area contributed by atoms with Crippen LogP contribution in [0, 0.1) is 0 Å². The Labute approximate surface area is 139 Å². The highest BCUT2D eigenvalue weighted by molar-refractivity contribution is 7.91. The van der Waals surface area contributed by atoms with Crippen LogP contribution in [0.2, 0.25) is 0 Å². The third-order valence-corrected chi connectivity index (χ3v) is 6.36. The number of rotatable bonds is 3. The Morgan fingerprint density at radius 1 is 1.38 bits per heavy atom. The van der Waals surface area contributed by atoms with Crippen molar-refractivity contribution < 1.29 is 13.2 Å². The van der Waals surface area contributed by atoms with E-state index < -0.39 is 15.4 Å². The number of carbonyl (C=O) groups is 1. The molecule has 0 aliphatic carbocycles. The highest BCUT2D eigenvalue weighted by atomic mass is 32.2. The lowest BCUT2D eigenvalue weighted by Crippen LogP contribution is -2.60. The molecule has 10 heteroatoms. The summed E-state index contributed by atoms with van der Waals surface area (Å²) < 4.78 is 24.1. The van der Waals surface area contributed by atoms with Crippen molar-refractivity contribution in [1.29, 1.82) is 0 Å². The zero-order valence-electron chi connectivity index (χ0n) is 13.4. The maximum absolute atomic E-state index is 12.7. The Morgan fingerprint density at radius 2 is 2.08 bits per heavy atom. The molecule has 0 aromatic carbocycles. The number of hydrogen-bond donors (Lipinski definition) is 2. The molecule has 0 spiro atoms. The van der Waals surface area contributed by atoms with E-state index in [9.17, 15) is 18.0 Å². The van der Waals surface area contributed by atoms with Gasteiger partial charge in [-0.15, -0.1) is 0 Å². The zero-order chi connectivity index (χ0) is 17.5. The van der Waals surface area contributed by atoms with Crippen LogP contribution in [-0.4, -0.2) is 77.3 Å². The number of H-pyrrole nitrogens is 1. The molecule has 0 saturated carbocycles. The Morgan fingerprint density at radius 3 is 2.75 bits per heavy atom. The summed E-state index contributed by atoms with van der Waals surface area (Å²) in [5.74, 6) is -0.186. The molecule has 2 aliphatic rings. The van der Waals surface area contributed by atoms with Gasteiger partial charge in [-0.1, -0.05) is 6.92 Å². The molecular weight excluding hydrogens is 334 g/mol. The molecule has 0 bridgehead atoms. The molecular formula is C14H21N5O4S. The van der Waals surface area contributed by atoms with Crippen LogP contribution in [0.4, 0.5) is 5.95 Å². The lowest BCUT2D eigenvalue weighted by atomic mass is 10.0. The molecule has 1 aromatic heterocycles. The van der Waals surface area contributed by atoms with Gasteiger partial charge in [-0.2, -0.15) is 0 Å². The molecule has 24 heavy (non-hydrogen) atoms. The molecule has 9 nitrogen and oxygen atoms in total. The summed E-state index contributed by atoms with van der Waals surface area (Å²) in [6.07, 6.45) is -0.0660. The number of amides is 1. The number of anilines is 1. The maximum atomic E-state index is 12.7. The van der Waals surface area contributed by atoms with Crippen molar-refractivity contribution in [2.75, 3.05) is 36.9 Å². The molecule has 3 rings (SSSR count). The highest BCUT2D eigenvalue weighted by Crippen LogP contribution is 2.27. The van der Waals surface area contributed by atoms with Gasteiger partial charge in [-0.3, -0.25) is 19.5 Å². The molecule has 2 aliphatic heterocycles. The predicted octanol–water partition coefficient (Wildman–Crippen LogP) is -1.78. The first-order chi connectivity index (χ1) is 11.3. The summed E-state index contributed by atoms with van der Waals surface area (Å²) in [6.45, 7) is 3.86. The van der Waals surface area contributed by atoms with Gasteiger partial charge >= 0.3 is 0 Å².